The predicted octanol–water partition coefficient (Wildman–Crippen LogP) is 2.00. The first kappa shape index (κ1) is 13.2. The topological polar surface area (TPSA) is 84.0 Å². The number of nitrogens with one attached hydrogen (secondary N) is 1. The van der Waals surface area contributed by atoms with Gasteiger partial charge >= 0.3 is 0 Å². The molecule has 0 atom stereocenters. The summed E-state index contributed by atoms with van der Waals surface area (Å²) >= 11 is 0. The van der Waals surface area contributed by atoms with Gasteiger partial charge in [-0.05, 0) is 35.4 Å². The van der Waals surface area contributed by atoms with Crippen molar-refractivity contribution in [2.45, 2.75) is 6.54 Å². The van der Waals surface area contributed by atoms with Crippen molar-refractivity contribution < 1.29 is 5.11 Å². The summed E-state index contributed by atoms with van der Waals surface area (Å²) in [5.74, 6) is 0.163. The third-order valence-corrected chi connectivity index (χ3v) is 3.33. The monoisotopic (exact) mass is 281 g/mol. The highest BCUT2D eigenvalue weighted by molar-refractivity contribution is 5.59. The Kier molecular flexibility index (Phi) is 3.33. The van der Waals surface area contributed by atoms with E-state index < -0.39 is 0 Å². The minimum Gasteiger partial charge on any atom is -0.508 e. The first-order valence-electron chi connectivity index (χ1n) is 6.58. The molecule has 0 radical (unpaired) electrons. The van der Waals surface area contributed by atoms with Gasteiger partial charge in [0.05, 0.1) is 11.4 Å². The molecule has 0 saturated heterocycles. The molecule has 1 heterocycles. The molecule has 4 N–H and O–H groups in total. The van der Waals surface area contributed by atoms with Crippen LogP contribution < -0.4 is 11.3 Å². The van der Waals surface area contributed by atoms with Gasteiger partial charge in [0.15, 0.2) is 0 Å². The van der Waals surface area contributed by atoms with Crippen LogP contribution in [0, 0.1) is 0 Å². The minimum atomic E-state index is -0.154. The first-order chi connectivity index (χ1) is 10.2. The molecular weight excluding hydrogens is 266 g/mol. The summed E-state index contributed by atoms with van der Waals surface area (Å²) in [7, 11) is 0. The summed E-state index contributed by atoms with van der Waals surface area (Å²) in [5, 5.41) is 12.4. The average Bonchev–Trinajstić information content (AvgIpc) is 2.90. The standard InChI is InChI=1S/C16H15N3O2/c17-10-11-1-3-12(4-2-11)15-9-16(21)19(18-15)13-5-7-14(20)8-6-13/h1-9,18,20H,10,17H2. The molecule has 0 aliphatic rings. The smallest absolute Gasteiger partial charge is 0.271 e. The number of hydrogen-bond acceptors (Lipinski definition) is 3. The van der Waals surface area contributed by atoms with Gasteiger partial charge in [0.1, 0.15) is 5.75 Å². The number of H-pyrrole nitrogens is 1. The van der Waals surface area contributed by atoms with E-state index in [1.807, 2.05) is 24.3 Å². The van der Waals surface area contributed by atoms with Crippen LogP contribution in [-0.4, -0.2) is 14.9 Å². The van der Waals surface area contributed by atoms with Crippen molar-refractivity contribution in [3.63, 3.8) is 0 Å². The van der Waals surface area contributed by atoms with E-state index in [2.05, 4.69) is 5.10 Å². The summed E-state index contributed by atoms with van der Waals surface area (Å²) in [6.07, 6.45) is 0. The number of phenols is 1. The summed E-state index contributed by atoms with van der Waals surface area (Å²) in [4.78, 5) is 12.1. The molecule has 0 amide bonds. The fraction of sp³-hybridized carbons (Fsp3) is 0.0625. The van der Waals surface area contributed by atoms with Crippen molar-refractivity contribution in [1.29, 1.82) is 0 Å². The van der Waals surface area contributed by atoms with Crippen molar-refractivity contribution in [1.82, 2.24) is 9.78 Å². The van der Waals surface area contributed by atoms with Gasteiger partial charge in [0, 0.05) is 12.6 Å². The molecule has 5 nitrogen and oxygen atoms in total. The van der Waals surface area contributed by atoms with Crippen molar-refractivity contribution >= 4 is 0 Å². The maximum Gasteiger partial charge on any atom is 0.271 e. The number of benzene rings is 2. The van der Waals surface area contributed by atoms with Crippen molar-refractivity contribution in [3.05, 3.63) is 70.5 Å². The van der Waals surface area contributed by atoms with E-state index in [-0.39, 0.29) is 11.3 Å². The Morgan fingerprint density at radius 3 is 2.33 bits per heavy atom. The van der Waals surface area contributed by atoms with Crippen molar-refractivity contribution in [2.24, 2.45) is 5.73 Å². The van der Waals surface area contributed by atoms with Crippen molar-refractivity contribution in [2.75, 3.05) is 0 Å². The van der Waals surface area contributed by atoms with E-state index in [0.717, 1.165) is 16.8 Å². The van der Waals surface area contributed by atoms with Crippen LogP contribution in [0.3, 0.4) is 0 Å². The lowest BCUT2D eigenvalue weighted by Gasteiger charge is -2.03. The lowest BCUT2D eigenvalue weighted by molar-refractivity contribution is 0.475. The Morgan fingerprint density at radius 2 is 1.71 bits per heavy atom. The second-order valence-corrected chi connectivity index (χ2v) is 4.76. The fourth-order valence-electron chi connectivity index (χ4n) is 2.16. The van der Waals surface area contributed by atoms with Gasteiger partial charge in [0.25, 0.3) is 5.56 Å². The lowest BCUT2D eigenvalue weighted by Crippen LogP contribution is -2.12. The number of nitrogens with two attached hydrogens (primary N) is 1. The largest absolute Gasteiger partial charge is 0.508 e. The number of aromatic nitrogens is 2. The van der Waals surface area contributed by atoms with Crippen LogP contribution >= 0.6 is 0 Å². The highest BCUT2D eigenvalue weighted by atomic mass is 16.3. The van der Waals surface area contributed by atoms with Crippen LogP contribution in [0.2, 0.25) is 0 Å². The second-order valence-electron chi connectivity index (χ2n) is 4.76. The molecule has 0 aliphatic heterocycles. The number of rotatable bonds is 3. The average molecular weight is 281 g/mol. The summed E-state index contributed by atoms with van der Waals surface area (Å²) in [6.45, 7) is 0.491. The normalized spacial score (nSPS) is 10.7. The molecule has 106 valence electrons. The Balaban J connectivity index is 2.00. The zero-order valence-corrected chi connectivity index (χ0v) is 11.3. The van der Waals surface area contributed by atoms with Crippen LogP contribution in [0.1, 0.15) is 5.56 Å². The highest BCUT2D eigenvalue weighted by Crippen LogP contribution is 2.18. The molecule has 3 aromatic rings. The molecule has 5 heteroatoms. The van der Waals surface area contributed by atoms with Crippen LogP contribution in [-0.2, 0) is 6.54 Å². The lowest BCUT2D eigenvalue weighted by atomic mass is 10.1. The molecule has 21 heavy (non-hydrogen) atoms. The highest BCUT2D eigenvalue weighted by Gasteiger charge is 2.07. The second kappa shape index (κ2) is 5.30. The van der Waals surface area contributed by atoms with Gasteiger partial charge in [-0.1, -0.05) is 24.3 Å². The summed E-state index contributed by atoms with van der Waals surface area (Å²) in [5.41, 5.74) is 8.78. The van der Waals surface area contributed by atoms with Gasteiger partial charge in [-0.15, -0.1) is 0 Å². The Hall–Kier alpha value is -2.79. The molecule has 0 unspecified atom stereocenters. The number of hydrogen-bond donors (Lipinski definition) is 3. The van der Waals surface area contributed by atoms with Gasteiger partial charge < -0.3 is 10.8 Å². The number of nitrogens with zero attached hydrogens (tertiary/aromatic N) is 1. The quantitative estimate of drug-likeness (QED) is 0.686. The van der Waals surface area contributed by atoms with E-state index in [1.54, 1.807) is 30.3 Å². The molecule has 0 saturated carbocycles. The van der Waals surface area contributed by atoms with E-state index in [1.165, 1.54) is 4.68 Å². The summed E-state index contributed by atoms with van der Waals surface area (Å²) in [6, 6.07) is 15.7. The maximum absolute atomic E-state index is 12.1. The molecule has 3 rings (SSSR count). The number of aromatic amines is 1. The van der Waals surface area contributed by atoms with Crippen molar-refractivity contribution in [3.8, 4) is 22.7 Å². The zero-order chi connectivity index (χ0) is 14.8. The fourth-order valence-corrected chi connectivity index (χ4v) is 2.16. The number of phenolic OH excluding ortho intramolecular Hbond substituents is 1. The van der Waals surface area contributed by atoms with Crippen LogP contribution in [0.5, 0.6) is 5.75 Å². The van der Waals surface area contributed by atoms with E-state index >= 15 is 0 Å². The van der Waals surface area contributed by atoms with Gasteiger partial charge in [-0.3, -0.25) is 9.89 Å². The third kappa shape index (κ3) is 2.59. The SMILES string of the molecule is NCc1ccc(-c2cc(=O)n(-c3ccc(O)cc3)[nH]2)cc1. The zero-order valence-electron chi connectivity index (χ0n) is 11.3. The van der Waals surface area contributed by atoms with Gasteiger partial charge in [-0.25, -0.2) is 4.68 Å². The van der Waals surface area contributed by atoms with Crippen LogP contribution in [0.15, 0.2) is 59.4 Å². The molecule has 0 aliphatic carbocycles. The van der Waals surface area contributed by atoms with Gasteiger partial charge in [-0.2, -0.15) is 0 Å². The molecule has 0 spiro atoms. The first-order valence-corrected chi connectivity index (χ1v) is 6.58. The number of aromatic hydroxyl groups is 1. The van der Waals surface area contributed by atoms with Gasteiger partial charge in [0.2, 0.25) is 0 Å². The maximum atomic E-state index is 12.1. The minimum absolute atomic E-state index is 0.154. The molecule has 0 fully saturated rings. The predicted molar refractivity (Wildman–Crippen MR) is 81.4 cm³/mol. The Labute approximate surface area is 121 Å². The molecular formula is C16H15N3O2. The Bertz CT molecular complexity index is 799. The third-order valence-electron chi connectivity index (χ3n) is 3.33. The van der Waals surface area contributed by atoms with E-state index in [4.69, 9.17) is 5.73 Å². The van der Waals surface area contributed by atoms with E-state index in [0.29, 0.717) is 12.2 Å². The van der Waals surface area contributed by atoms with Crippen LogP contribution in [0.4, 0.5) is 0 Å². The summed E-state index contributed by atoms with van der Waals surface area (Å²) < 4.78 is 1.44. The van der Waals surface area contributed by atoms with Crippen LogP contribution in [0.25, 0.3) is 16.9 Å². The van der Waals surface area contributed by atoms with E-state index in [9.17, 15) is 9.90 Å². The molecule has 1 aromatic heterocycles. The Morgan fingerprint density at radius 1 is 1.05 bits per heavy atom. The molecule has 2 aromatic carbocycles. The molecule has 0 bridgehead atoms.